The van der Waals surface area contributed by atoms with Crippen molar-refractivity contribution in [1.29, 1.82) is 0 Å². The van der Waals surface area contributed by atoms with Crippen molar-refractivity contribution in [2.45, 2.75) is 18.9 Å². The van der Waals surface area contributed by atoms with E-state index in [4.69, 9.17) is 0 Å². The fourth-order valence-electron chi connectivity index (χ4n) is 2.43. The first kappa shape index (κ1) is 12.5. The van der Waals surface area contributed by atoms with Crippen molar-refractivity contribution in [3.05, 3.63) is 53.4 Å². The lowest BCUT2D eigenvalue weighted by atomic mass is 10.1. The Labute approximate surface area is 126 Å². The van der Waals surface area contributed by atoms with Gasteiger partial charge in [0, 0.05) is 4.88 Å². The number of hydrogen-bond donors (Lipinski definition) is 1. The standard InChI is InChI=1S/C15H15N5S/c1-2-13(21-7-1)15(11-3-4-11)19-12-5-6-14(17-8-12)20-10-16-9-18-20/h1-2,5-11,15,19H,3-4H2. The molecule has 1 saturated carbocycles. The van der Waals surface area contributed by atoms with E-state index in [1.165, 1.54) is 24.0 Å². The zero-order valence-corrected chi connectivity index (χ0v) is 12.2. The van der Waals surface area contributed by atoms with Gasteiger partial charge in [0.05, 0.1) is 17.9 Å². The quantitative estimate of drug-likeness (QED) is 0.785. The molecular weight excluding hydrogens is 282 g/mol. The molecule has 1 N–H and O–H groups in total. The summed E-state index contributed by atoms with van der Waals surface area (Å²) in [5, 5.41) is 9.84. The summed E-state index contributed by atoms with van der Waals surface area (Å²) >= 11 is 1.81. The molecule has 0 aliphatic heterocycles. The lowest BCUT2D eigenvalue weighted by Crippen LogP contribution is -2.12. The summed E-state index contributed by atoms with van der Waals surface area (Å²) in [5.41, 5.74) is 1.05. The van der Waals surface area contributed by atoms with E-state index in [-0.39, 0.29) is 0 Å². The molecule has 1 atom stereocenters. The molecule has 1 unspecified atom stereocenters. The van der Waals surface area contributed by atoms with Gasteiger partial charge in [-0.15, -0.1) is 11.3 Å². The van der Waals surface area contributed by atoms with Crippen LogP contribution >= 0.6 is 11.3 Å². The van der Waals surface area contributed by atoms with Crippen LogP contribution in [0.4, 0.5) is 5.69 Å². The first-order chi connectivity index (χ1) is 10.4. The van der Waals surface area contributed by atoms with Crippen LogP contribution in [0, 0.1) is 5.92 Å². The van der Waals surface area contributed by atoms with Crippen LogP contribution in [-0.2, 0) is 0 Å². The van der Waals surface area contributed by atoms with E-state index >= 15 is 0 Å². The summed E-state index contributed by atoms with van der Waals surface area (Å²) in [5.74, 6) is 1.52. The van der Waals surface area contributed by atoms with Crippen LogP contribution in [0.2, 0.25) is 0 Å². The average molecular weight is 297 g/mol. The van der Waals surface area contributed by atoms with E-state index in [9.17, 15) is 0 Å². The van der Waals surface area contributed by atoms with Gasteiger partial charge in [0.2, 0.25) is 0 Å². The zero-order chi connectivity index (χ0) is 14.1. The smallest absolute Gasteiger partial charge is 0.155 e. The fraction of sp³-hybridized carbons (Fsp3) is 0.267. The molecule has 106 valence electrons. The second-order valence-corrected chi connectivity index (χ2v) is 6.20. The van der Waals surface area contributed by atoms with Gasteiger partial charge in [-0.3, -0.25) is 0 Å². The third-order valence-electron chi connectivity index (χ3n) is 3.67. The summed E-state index contributed by atoms with van der Waals surface area (Å²) in [7, 11) is 0. The second-order valence-electron chi connectivity index (χ2n) is 5.22. The average Bonchev–Trinajstić information content (AvgIpc) is 3.01. The monoisotopic (exact) mass is 297 g/mol. The number of anilines is 1. The SMILES string of the molecule is c1csc(C(Nc2ccc(-n3cncn3)nc2)C2CC2)c1. The Balaban J connectivity index is 1.53. The van der Waals surface area contributed by atoms with Gasteiger partial charge in [-0.2, -0.15) is 5.10 Å². The van der Waals surface area contributed by atoms with Crippen molar-refractivity contribution in [1.82, 2.24) is 19.7 Å². The van der Waals surface area contributed by atoms with Crippen LogP contribution in [0.25, 0.3) is 5.82 Å². The molecule has 1 aliphatic rings. The van der Waals surface area contributed by atoms with E-state index in [2.05, 4.69) is 37.9 Å². The lowest BCUT2D eigenvalue weighted by molar-refractivity contribution is 0.690. The Kier molecular flexibility index (Phi) is 3.16. The summed E-state index contributed by atoms with van der Waals surface area (Å²) in [6.07, 6.45) is 7.63. The van der Waals surface area contributed by atoms with Crippen LogP contribution in [0.15, 0.2) is 48.5 Å². The van der Waals surface area contributed by atoms with E-state index in [0.29, 0.717) is 6.04 Å². The number of nitrogens with zero attached hydrogens (tertiary/aromatic N) is 4. The third kappa shape index (κ3) is 2.67. The van der Waals surface area contributed by atoms with Crippen LogP contribution in [-0.4, -0.2) is 19.7 Å². The largest absolute Gasteiger partial charge is 0.376 e. The maximum absolute atomic E-state index is 4.44. The fourth-order valence-corrected chi connectivity index (χ4v) is 3.30. The zero-order valence-electron chi connectivity index (χ0n) is 11.4. The summed E-state index contributed by atoms with van der Waals surface area (Å²) in [6.45, 7) is 0. The molecule has 0 saturated heterocycles. The molecule has 3 aromatic rings. The maximum Gasteiger partial charge on any atom is 0.155 e. The molecule has 4 rings (SSSR count). The Morgan fingerprint density at radius 1 is 1.29 bits per heavy atom. The van der Waals surface area contributed by atoms with Crippen molar-refractivity contribution in [2.24, 2.45) is 5.92 Å². The Bertz CT molecular complexity index is 686. The molecule has 0 bridgehead atoms. The van der Waals surface area contributed by atoms with Crippen molar-refractivity contribution in [3.8, 4) is 5.82 Å². The molecule has 1 aliphatic carbocycles. The second kappa shape index (κ2) is 5.29. The van der Waals surface area contributed by atoms with E-state index in [0.717, 1.165) is 17.4 Å². The van der Waals surface area contributed by atoms with E-state index in [1.807, 2.05) is 29.7 Å². The molecule has 3 heterocycles. The number of aromatic nitrogens is 4. The number of hydrogen-bond acceptors (Lipinski definition) is 5. The maximum atomic E-state index is 4.44. The third-order valence-corrected chi connectivity index (χ3v) is 4.62. The Morgan fingerprint density at radius 2 is 2.24 bits per heavy atom. The molecule has 3 aromatic heterocycles. The lowest BCUT2D eigenvalue weighted by Gasteiger charge is -2.18. The van der Waals surface area contributed by atoms with Crippen LogP contribution < -0.4 is 5.32 Å². The molecule has 0 radical (unpaired) electrons. The van der Waals surface area contributed by atoms with Gasteiger partial charge in [0.1, 0.15) is 12.7 Å². The molecule has 1 fully saturated rings. The highest BCUT2D eigenvalue weighted by molar-refractivity contribution is 7.10. The van der Waals surface area contributed by atoms with E-state index in [1.54, 1.807) is 11.0 Å². The van der Waals surface area contributed by atoms with Gasteiger partial charge < -0.3 is 5.32 Å². The molecule has 5 nitrogen and oxygen atoms in total. The van der Waals surface area contributed by atoms with Crippen molar-refractivity contribution in [2.75, 3.05) is 5.32 Å². The highest BCUT2D eigenvalue weighted by Gasteiger charge is 2.32. The summed E-state index contributed by atoms with van der Waals surface area (Å²) < 4.78 is 1.65. The van der Waals surface area contributed by atoms with Crippen molar-refractivity contribution in [3.63, 3.8) is 0 Å². The predicted molar refractivity (Wildman–Crippen MR) is 82.6 cm³/mol. The number of nitrogens with one attached hydrogen (secondary N) is 1. The van der Waals surface area contributed by atoms with Gasteiger partial charge in [0.25, 0.3) is 0 Å². The number of pyridine rings is 1. The van der Waals surface area contributed by atoms with Crippen LogP contribution in [0.5, 0.6) is 0 Å². The number of rotatable bonds is 5. The highest BCUT2D eigenvalue weighted by atomic mass is 32.1. The summed E-state index contributed by atoms with van der Waals surface area (Å²) in [4.78, 5) is 9.77. The molecule has 21 heavy (non-hydrogen) atoms. The first-order valence-corrected chi connectivity index (χ1v) is 7.89. The Hall–Kier alpha value is -2.21. The van der Waals surface area contributed by atoms with Crippen molar-refractivity contribution < 1.29 is 0 Å². The Morgan fingerprint density at radius 3 is 2.86 bits per heavy atom. The van der Waals surface area contributed by atoms with Gasteiger partial charge in [-0.1, -0.05) is 6.07 Å². The number of thiophene rings is 1. The van der Waals surface area contributed by atoms with Gasteiger partial charge in [-0.05, 0) is 42.3 Å². The molecule has 6 heteroatoms. The van der Waals surface area contributed by atoms with Gasteiger partial charge >= 0.3 is 0 Å². The van der Waals surface area contributed by atoms with E-state index < -0.39 is 0 Å². The van der Waals surface area contributed by atoms with Crippen LogP contribution in [0.3, 0.4) is 0 Å². The van der Waals surface area contributed by atoms with Gasteiger partial charge in [0.15, 0.2) is 5.82 Å². The minimum atomic E-state index is 0.407. The van der Waals surface area contributed by atoms with Crippen LogP contribution in [0.1, 0.15) is 23.8 Å². The topological polar surface area (TPSA) is 55.6 Å². The predicted octanol–water partition coefficient (Wildman–Crippen LogP) is 3.29. The molecule has 0 amide bonds. The molecular formula is C15H15N5S. The molecule has 0 aromatic carbocycles. The minimum Gasteiger partial charge on any atom is -0.376 e. The first-order valence-electron chi connectivity index (χ1n) is 7.01. The van der Waals surface area contributed by atoms with Gasteiger partial charge in [-0.25, -0.2) is 14.6 Å². The van der Waals surface area contributed by atoms with Crippen molar-refractivity contribution >= 4 is 17.0 Å². The summed E-state index contributed by atoms with van der Waals surface area (Å²) in [6, 6.07) is 8.73. The normalized spacial score (nSPS) is 15.8. The highest BCUT2D eigenvalue weighted by Crippen LogP contribution is 2.44. The minimum absolute atomic E-state index is 0.407. The molecule has 0 spiro atoms.